The van der Waals surface area contributed by atoms with Gasteiger partial charge in [-0.15, -0.1) is 0 Å². The van der Waals surface area contributed by atoms with E-state index in [-0.39, 0.29) is 12.2 Å². The molecular formula is C25H35NO6. The Bertz CT molecular complexity index is 994. The predicted molar refractivity (Wildman–Crippen MR) is 124 cm³/mol. The minimum absolute atomic E-state index is 0.318. The number of carbonyl (C=O) groups excluding carboxylic acids is 1. The second-order valence-electron chi connectivity index (χ2n) is 8.26. The lowest BCUT2D eigenvalue weighted by atomic mass is 9.99. The normalized spacial score (nSPS) is 12.0. The van der Waals surface area contributed by atoms with Crippen molar-refractivity contribution < 1.29 is 23.8 Å². The molecule has 0 saturated carbocycles. The Morgan fingerprint density at radius 3 is 2.44 bits per heavy atom. The van der Waals surface area contributed by atoms with Gasteiger partial charge in [-0.25, -0.2) is 9.59 Å². The summed E-state index contributed by atoms with van der Waals surface area (Å²) in [6.07, 6.45) is 6.96. The molecule has 1 amide bonds. The molecule has 2 aromatic rings. The first kappa shape index (κ1) is 25.4. The summed E-state index contributed by atoms with van der Waals surface area (Å²) in [5.41, 5.74) is 2.39. The van der Waals surface area contributed by atoms with Crippen molar-refractivity contribution in [1.82, 2.24) is 5.32 Å². The first-order valence-corrected chi connectivity index (χ1v) is 11.5. The molecule has 0 saturated heterocycles. The van der Waals surface area contributed by atoms with Gasteiger partial charge in [0, 0.05) is 16.5 Å². The molecule has 1 heterocycles. The summed E-state index contributed by atoms with van der Waals surface area (Å²) in [5.74, 6) is -1.14. The van der Waals surface area contributed by atoms with E-state index in [2.05, 4.69) is 12.2 Å². The number of hydrogen-bond acceptors (Lipinski definition) is 5. The van der Waals surface area contributed by atoms with Gasteiger partial charge in [-0.3, -0.25) is 4.79 Å². The number of hydrogen-bond donors (Lipinski definition) is 2. The molecule has 0 fully saturated rings. The summed E-state index contributed by atoms with van der Waals surface area (Å²) in [4.78, 5) is 36.1. The van der Waals surface area contributed by atoms with Gasteiger partial charge in [0.15, 0.2) is 6.61 Å². The lowest BCUT2D eigenvalue weighted by Gasteiger charge is -2.16. The van der Waals surface area contributed by atoms with Crippen molar-refractivity contribution in [1.29, 1.82) is 0 Å². The van der Waals surface area contributed by atoms with Gasteiger partial charge in [-0.1, -0.05) is 46.0 Å². The zero-order chi connectivity index (χ0) is 23.7. The first-order chi connectivity index (χ1) is 15.3. The molecule has 0 spiro atoms. The molecule has 1 atom stereocenters. The van der Waals surface area contributed by atoms with E-state index in [1.165, 1.54) is 0 Å². The summed E-state index contributed by atoms with van der Waals surface area (Å²) in [5, 5.41) is 12.6. The Balaban J connectivity index is 2.13. The number of rotatable bonds is 13. The molecule has 1 aromatic carbocycles. The van der Waals surface area contributed by atoms with Crippen LogP contribution in [0.2, 0.25) is 0 Å². The Labute approximate surface area is 189 Å². The smallest absolute Gasteiger partial charge is 0.339 e. The van der Waals surface area contributed by atoms with Gasteiger partial charge in [0.2, 0.25) is 0 Å². The third-order valence-electron chi connectivity index (χ3n) is 5.77. The lowest BCUT2D eigenvalue weighted by molar-refractivity contribution is -0.142. The fourth-order valence-electron chi connectivity index (χ4n) is 3.79. The lowest BCUT2D eigenvalue weighted by Crippen LogP contribution is -2.42. The maximum Gasteiger partial charge on any atom is 0.339 e. The number of carbonyl (C=O) groups is 2. The van der Waals surface area contributed by atoms with Crippen LogP contribution >= 0.6 is 0 Å². The molecule has 0 radical (unpaired) electrons. The molecule has 2 N–H and O–H groups in total. The number of amides is 1. The predicted octanol–water partition coefficient (Wildman–Crippen LogP) is 4.67. The van der Waals surface area contributed by atoms with Crippen LogP contribution in [0, 0.1) is 13.8 Å². The van der Waals surface area contributed by atoms with Crippen molar-refractivity contribution in [2.75, 3.05) is 6.61 Å². The van der Waals surface area contributed by atoms with E-state index in [1.54, 1.807) is 13.0 Å². The van der Waals surface area contributed by atoms with Gasteiger partial charge >= 0.3 is 11.6 Å². The van der Waals surface area contributed by atoms with Gasteiger partial charge in [0.1, 0.15) is 17.4 Å². The zero-order valence-electron chi connectivity index (χ0n) is 19.6. The van der Waals surface area contributed by atoms with Crippen molar-refractivity contribution in [3.8, 4) is 5.75 Å². The van der Waals surface area contributed by atoms with Crippen LogP contribution in [-0.4, -0.2) is 29.6 Å². The average molecular weight is 446 g/mol. The largest absolute Gasteiger partial charge is 0.483 e. The van der Waals surface area contributed by atoms with Crippen molar-refractivity contribution in [2.24, 2.45) is 0 Å². The number of ether oxygens (including phenoxy) is 1. The van der Waals surface area contributed by atoms with Crippen LogP contribution in [0.5, 0.6) is 5.75 Å². The second-order valence-corrected chi connectivity index (χ2v) is 8.26. The third kappa shape index (κ3) is 6.58. The molecule has 2 rings (SSSR count). The summed E-state index contributed by atoms with van der Waals surface area (Å²) in [7, 11) is 0. The van der Waals surface area contributed by atoms with Gasteiger partial charge in [-0.05, 0) is 50.8 Å². The highest BCUT2D eigenvalue weighted by molar-refractivity contribution is 5.86. The van der Waals surface area contributed by atoms with Crippen LogP contribution < -0.4 is 15.7 Å². The molecule has 1 unspecified atom stereocenters. The monoisotopic (exact) mass is 445 g/mol. The van der Waals surface area contributed by atoms with Crippen molar-refractivity contribution in [3.63, 3.8) is 0 Å². The maximum absolute atomic E-state index is 12.6. The molecular weight excluding hydrogens is 410 g/mol. The van der Waals surface area contributed by atoms with Gasteiger partial charge in [0.05, 0.1) is 0 Å². The summed E-state index contributed by atoms with van der Waals surface area (Å²) >= 11 is 0. The van der Waals surface area contributed by atoms with Crippen LogP contribution in [0.3, 0.4) is 0 Å². The number of nitrogens with one attached hydrogen (secondary N) is 1. The third-order valence-corrected chi connectivity index (χ3v) is 5.77. The van der Waals surface area contributed by atoms with Gasteiger partial charge < -0.3 is 19.6 Å². The SMILES string of the molecule is CCCCCCc1c(C)c2ccc(OCC(=O)NC(CCCC)C(=O)O)c(C)c2oc1=O. The molecule has 0 aliphatic rings. The van der Waals surface area contributed by atoms with Crippen LogP contribution in [0.1, 0.15) is 75.5 Å². The highest BCUT2D eigenvalue weighted by atomic mass is 16.5. The standard InChI is InChI=1S/C25H35NO6/c1-5-7-9-10-11-19-16(3)18-13-14-21(17(4)23(18)32-25(19)30)31-15-22(27)26-20(24(28)29)12-8-6-2/h13-14,20H,5-12,15H2,1-4H3,(H,26,27)(H,28,29). The van der Waals surface area contributed by atoms with Crippen molar-refractivity contribution in [3.05, 3.63) is 39.2 Å². The number of unbranched alkanes of at least 4 members (excludes halogenated alkanes) is 4. The highest BCUT2D eigenvalue weighted by Crippen LogP contribution is 2.29. The number of aryl methyl sites for hydroxylation is 2. The van der Waals surface area contributed by atoms with Gasteiger partial charge in [0.25, 0.3) is 5.91 Å². The molecule has 7 nitrogen and oxygen atoms in total. The van der Waals surface area contributed by atoms with E-state index in [0.717, 1.165) is 43.1 Å². The fraction of sp³-hybridized carbons (Fsp3) is 0.560. The Kier molecular flexibility index (Phi) is 9.75. The summed E-state index contributed by atoms with van der Waals surface area (Å²) in [6, 6.07) is 2.66. The fourth-order valence-corrected chi connectivity index (χ4v) is 3.79. The minimum Gasteiger partial charge on any atom is -0.483 e. The molecule has 1 aromatic heterocycles. The Morgan fingerprint density at radius 1 is 1.06 bits per heavy atom. The molecule has 0 aliphatic heterocycles. The van der Waals surface area contributed by atoms with Gasteiger partial charge in [-0.2, -0.15) is 0 Å². The van der Waals surface area contributed by atoms with Crippen LogP contribution in [0.4, 0.5) is 0 Å². The highest BCUT2D eigenvalue weighted by Gasteiger charge is 2.20. The zero-order valence-corrected chi connectivity index (χ0v) is 19.6. The number of fused-ring (bicyclic) bond motifs is 1. The summed E-state index contributed by atoms with van der Waals surface area (Å²) in [6.45, 7) is 7.51. The van der Waals surface area contributed by atoms with E-state index in [1.807, 2.05) is 19.9 Å². The van der Waals surface area contributed by atoms with Crippen molar-refractivity contribution in [2.45, 2.75) is 85.1 Å². The van der Waals surface area contributed by atoms with E-state index in [4.69, 9.17) is 9.15 Å². The molecule has 7 heteroatoms. The van der Waals surface area contributed by atoms with E-state index in [0.29, 0.717) is 41.7 Å². The van der Waals surface area contributed by atoms with E-state index < -0.39 is 17.9 Å². The Hall–Kier alpha value is -2.83. The molecule has 32 heavy (non-hydrogen) atoms. The summed E-state index contributed by atoms with van der Waals surface area (Å²) < 4.78 is 11.3. The topological polar surface area (TPSA) is 106 Å². The van der Waals surface area contributed by atoms with Crippen LogP contribution in [0.25, 0.3) is 11.0 Å². The average Bonchev–Trinajstić information content (AvgIpc) is 2.75. The quantitative estimate of drug-likeness (QED) is 0.343. The van der Waals surface area contributed by atoms with E-state index >= 15 is 0 Å². The van der Waals surface area contributed by atoms with Crippen molar-refractivity contribution >= 4 is 22.8 Å². The molecule has 0 aliphatic carbocycles. The first-order valence-electron chi connectivity index (χ1n) is 11.5. The Morgan fingerprint density at radius 2 is 1.78 bits per heavy atom. The molecule has 0 bridgehead atoms. The van der Waals surface area contributed by atoms with Crippen LogP contribution in [0.15, 0.2) is 21.3 Å². The number of aliphatic carboxylic acids is 1. The number of carboxylic acid groups (broad SMARTS) is 1. The van der Waals surface area contributed by atoms with E-state index in [9.17, 15) is 19.5 Å². The number of carboxylic acids is 1. The molecule has 176 valence electrons. The maximum atomic E-state index is 12.6. The number of benzene rings is 1. The second kappa shape index (κ2) is 12.3. The van der Waals surface area contributed by atoms with Crippen LogP contribution in [-0.2, 0) is 16.0 Å². The minimum atomic E-state index is -1.06.